The van der Waals surface area contributed by atoms with E-state index in [1.807, 2.05) is 6.92 Å². The van der Waals surface area contributed by atoms with Crippen LogP contribution in [0.15, 0.2) is 45.5 Å². The van der Waals surface area contributed by atoms with Crippen LogP contribution in [0.1, 0.15) is 24.3 Å². The highest BCUT2D eigenvalue weighted by Gasteiger charge is 2.31. The maximum atomic E-state index is 12.1. The smallest absolute Gasteiger partial charge is 0.466 e. The largest absolute Gasteiger partial charge is 0.573 e. The average Bonchev–Trinajstić information content (AvgIpc) is 2.81. The Balaban J connectivity index is 2.24. The minimum atomic E-state index is -4.69. The van der Waals surface area contributed by atoms with Gasteiger partial charge in [-0.15, -0.1) is 13.2 Å². The maximum absolute atomic E-state index is 12.1. The highest BCUT2D eigenvalue weighted by Crippen LogP contribution is 2.31. The second-order valence-electron chi connectivity index (χ2n) is 4.24. The Hall–Kier alpha value is -1.47. The van der Waals surface area contributed by atoms with Crippen LogP contribution in [0.4, 0.5) is 13.2 Å². The molecule has 0 aliphatic carbocycles. The molecule has 1 aromatic carbocycles. The van der Waals surface area contributed by atoms with Gasteiger partial charge in [0, 0.05) is 0 Å². The van der Waals surface area contributed by atoms with Crippen molar-refractivity contribution in [2.75, 3.05) is 6.54 Å². The Morgan fingerprint density at radius 1 is 1.24 bits per heavy atom. The van der Waals surface area contributed by atoms with Gasteiger partial charge in [0.1, 0.15) is 11.5 Å². The average molecular weight is 364 g/mol. The zero-order chi connectivity index (χ0) is 15.5. The first-order valence-corrected chi connectivity index (χ1v) is 7.02. The van der Waals surface area contributed by atoms with E-state index in [9.17, 15) is 13.2 Å². The van der Waals surface area contributed by atoms with Crippen molar-refractivity contribution in [3.05, 3.63) is 52.4 Å². The lowest BCUT2D eigenvalue weighted by Crippen LogP contribution is -2.22. The zero-order valence-corrected chi connectivity index (χ0v) is 12.7. The topological polar surface area (TPSA) is 34.4 Å². The quantitative estimate of drug-likeness (QED) is 0.840. The second kappa shape index (κ2) is 6.53. The summed E-state index contributed by atoms with van der Waals surface area (Å²) in [7, 11) is 0. The van der Waals surface area contributed by atoms with Gasteiger partial charge in [-0.3, -0.25) is 0 Å². The number of alkyl halides is 3. The van der Waals surface area contributed by atoms with Crippen molar-refractivity contribution in [1.82, 2.24) is 5.32 Å². The van der Waals surface area contributed by atoms with Gasteiger partial charge in [-0.2, -0.15) is 0 Å². The van der Waals surface area contributed by atoms with Gasteiger partial charge in [0.15, 0.2) is 0 Å². The summed E-state index contributed by atoms with van der Waals surface area (Å²) in [6, 6.07) is 7.22. The van der Waals surface area contributed by atoms with Gasteiger partial charge < -0.3 is 14.5 Å². The minimum absolute atomic E-state index is 0.250. The first-order chi connectivity index (χ1) is 9.90. The van der Waals surface area contributed by atoms with E-state index in [0.29, 0.717) is 12.3 Å². The van der Waals surface area contributed by atoms with Gasteiger partial charge in [0.25, 0.3) is 0 Å². The van der Waals surface area contributed by atoms with Crippen LogP contribution in [-0.2, 0) is 0 Å². The lowest BCUT2D eigenvalue weighted by Gasteiger charge is -2.17. The number of benzene rings is 1. The van der Waals surface area contributed by atoms with E-state index in [1.54, 1.807) is 24.5 Å². The summed E-state index contributed by atoms with van der Waals surface area (Å²) in [6.45, 7) is 2.61. The van der Waals surface area contributed by atoms with Crippen LogP contribution in [0.25, 0.3) is 0 Å². The molecule has 1 atom stereocenters. The van der Waals surface area contributed by atoms with Crippen molar-refractivity contribution in [2.24, 2.45) is 0 Å². The number of hydrogen-bond acceptors (Lipinski definition) is 3. The molecule has 1 aromatic heterocycles. The summed E-state index contributed by atoms with van der Waals surface area (Å²) in [5, 5.41) is 3.22. The molecule has 2 rings (SSSR count). The molecular formula is C14H13BrF3NO2. The fraction of sp³-hybridized carbons (Fsp3) is 0.286. The SMILES string of the molecule is CCNC(c1ccc(OC(F)(F)F)cc1)c1occc1Br. The van der Waals surface area contributed by atoms with Crippen molar-refractivity contribution >= 4 is 15.9 Å². The molecule has 0 saturated heterocycles. The van der Waals surface area contributed by atoms with Crippen molar-refractivity contribution in [2.45, 2.75) is 19.3 Å². The van der Waals surface area contributed by atoms with E-state index in [4.69, 9.17) is 4.42 Å². The van der Waals surface area contributed by atoms with E-state index in [-0.39, 0.29) is 11.8 Å². The lowest BCUT2D eigenvalue weighted by atomic mass is 10.0. The number of rotatable bonds is 5. The number of ether oxygens (including phenoxy) is 1. The van der Waals surface area contributed by atoms with Crippen LogP contribution >= 0.6 is 15.9 Å². The molecule has 0 bridgehead atoms. The lowest BCUT2D eigenvalue weighted by molar-refractivity contribution is -0.274. The molecule has 21 heavy (non-hydrogen) atoms. The van der Waals surface area contributed by atoms with Crippen LogP contribution in [0, 0.1) is 0 Å². The molecule has 1 heterocycles. The van der Waals surface area contributed by atoms with Crippen LogP contribution in [-0.4, -0.2) is 12.9 Å². The standard InChI is InChI=1S/C14H13BrF3NO2/c1-2-19-12(13-11(15)7-8-20-13)9-3-5-10(6-4-9)21-14(16,17)18/h3-8,12,19H,2H2,1H3. The number of furan rings is 1. The zero-order valence-electron chi connectivity index (χ0n) is 11.1. The predicted molar refractivity (Wildman–Crippen MR) is 75.1 cm³/mol. The summed E-state index contributed by atoms with van der Waals surface area (Å²) < 4.78 is 46.5. The Labute approximate surface area is 128 Å². The van der Waals surface area contributed by atoms with E-state index in [0.717, 1.165) is 10.0 Å². The van der Waals surface area contributed by atoms with Gasteiger partial charge in [-0.1, -0.05) is 19.1 Å². The number of nitrogens with one attached hydrogen (secondary N) is 1. The fourth-order valence-electron chi connectivity index (χ4n) is 1.94. The molecule has 2 aromatic rings. The second-order valence-corrected chi connectivity index (χ2v) is 5.09. The van der Waals surface area contributed by atoms with E-state index >= 15 is 0 Å². The first-order valence-electron chi connectivity index (χ1n) is 6.22. The number of hydrogen-bond donors (Lipinski definition) is 1. The third kappa shape index (κ3) is 4.25. The molecule has 3 nitrogen and oxygen atoms in total. The van der Waals surface area contributed by atoms with Gasteiger partial charge >= 0.3 is 6.36 Å². The van der Waals surface area contributed by atoms with Gasteiger partial charge in [0.05, 0.1) is 16.8 Å². The van der Waals surface area contributed by atoms with Gasteiger partial charge in [-0.05, 0) is 46.2 Å². The summed E-state index contributed by atoms with van der Waals surface area (Å²) in [5.41, 5.74) is 0.780. The molecule has 114 valence electrons. The highest BCUT2D eigenvalue weighted by atomic mass is 79.9. The molecule has 0 spiro atoms. The van der Waals surface area contributed by atoms with Crippen LogP contribution in [0.5, 0.6) is 5.75 Å². The molecule has 0 radical (unpaired) electrons. The van der Waals surface area contributed by atoms with E-state index < -0.39 is 6.36 Å². The molecule has 0 fully saturated rings. The first kappa shape index (κ1) is 15.9. The van der Waals surface area contributed by atoms with Crippen LogP contribution in [0.3, 0.4) is 0 Å². The highest BCUT2D eigenvalue weighted by molar-refractivity contribution is 9.10. The van der Waals surface area contributed by atoms with Crippen LogP contribution < -0.4 is 10.1 Å². The molecule has 1 N–H and O–H groups in total. The summed E-state index contributed by atoms with van der Waals surface area (Å²) in [6.07, 6.45) is -3.14. The van der Waals surface area contributed by atoms with Crippen molar-refractivity contribution in [3.8, 4) is 5.75 Å². The summed E-state index contributed by atoms with van der Waals surface area (Å²) in [4.78, 5) is 0. The van der Waals surface area contributed by atoms with Gasteiger partial charge in [0.2, 0.25) is 0 Å². The fourth-order valence-corrected chi connectivity index (χ4v) is 2.37. The number of halogens is 4. The van der Waals surface area contributed by atoms with Gasteiger partial charge in [-0.25, -0.2) is 0 Å². The maximum Gasteiger partial charge on any atom is 0.573 e. The molecular weight excluding hydrogens is 351 g/mol. The Bertz CT molecular complexity index is 581. The summed E-state index contributed by atoms with van der Waals surface area (Å²) >= 11 is 3.38. The van der Waals surface area contributed by atoms with Crippen molar-refractivity contribution in [3.63, 3.8) is 0 Å². The summed E-state index contributed by atoms with van der Waals surface area (Å²) in [5.74, 6) is 0.418. The molecule has 0 aliphatic rings. The molecule has 0 aliphatic heterocycles. The third-order valence-electron chi connectivity index (χ3n) is 2.76. The Morgan fingerprint density at radius 3 is 2.38 bits per heavy atom. The van der Waals surface area contributed by atoms with E-state index in [1.165, 1.54) is 12.1 Å². The molecule has 0 saturated carbocycles. The van der Waals surface area contributed by atoms with Crippen LogP contribution in [0.2, 0.25) is 0 Å². The molecule has 0 amide bonds. The predicted octanol–water partition coefficient (Wildman–Crippen LogP) is 4.64. The molecule has 7 heteroatoms. The minimum Gasteiger partial charge on any atom is -0.466 e. The normalized spacial score (nSPS) is 13.2. The Kier molecular flexibility index (Phi) is 4.95. The van der Waals surface area contributed by atoms with Crippen molar-refractivity contribution in [1.29, 1.82) is 0 Å². The molecule has 1 unspecified atom stereocenters. The third-order valence-corrected chi connectivity index (χ3v) is 3.42. The monoisotopic (exact) mass is 363 g/mol. The van der Waals surface area contributed by atoms with Crippen molar-refractivity contribution < 1.29 is 22.3 Å². The Morgan fingerprint density at radius 2 is 1.90 bits per heavy atom. The van der Waals surface area contributed by atoms with E-state index in [2.05, 4.69) is 26.0 Å².